The molecule has 0 N–H and O–H groups in total. The summed E-state index contributed by atoms with van der Waals surface area (Å²) in [6, 6.07) is 17.2. The van der Waals surface area contributed by atoms with Crippen molar-refractivity contribution in [2.45, 2.75) is 23.5 Å². The number of carbonyl (C=O) groups is 2. The second-order valence-electron chi connectivity index (χ2n) is 7.06. The Kier molecular flexibility index (Phi) is 6.42. The van der Waals surface area contributed by atoms with E-state index in [4.69, 9.17) is 0 Å². The standard InChI is InChI=1S/C23H22N2O2S2/c26-22(17-6-2-1-3-7-17)18-10-12-25(13-11-18)23(27)20-8-4-5-9-21(20)29-15-19-14-28-16-24-19/h1-9,14,16,18H,10-13,15H2. The molecule has 29 heavy (non-hydrogen) atoms. The molecule has 2 aromatic carbocycles. The number of thioether (sulfide) groups is 1. The number of ketones is 1. The minimum absolute atomic E-state index is 0.00395. The fourth-order valence-corrected chi connectivity index (χ4v) is 5.19. The molecule has 1 aliphatic heterocycles. The summed E-state index contributed by atoms with van der Waals surface area (Å²) in [4.78, 5) is 33.0. The SMILES string of the molecule is O=C(c1ccccc1)C1CCN(C(=O)c2ccccc2SCc2cscn2)CC1. The highest BCUT2D eigenvalue weighted by Crippen LogP contribution is 2.29. The predicted octanol–water partition coefficient (Wildman–Crippen LogP) is 5.17. The van der Waals surface area contributed by atoms with Gasteiger partial charge in [-0.25, -0.2) is 4.98 Å². The van der Waals surface area contributed by atoms with E-state index in [0.717, 1.165) is 27.5 Å². The van der Waals surface area contributed by atoms with Gasteiger partial charge in [0.05, 0.1) is 16.8 Å². The Hall–Kier alpha value is -2.44. The number of rotatable bonds is 6. The van der Waals surface area contributed by atoms with Crippen LogP contribution in [-0.4, -0.2) is 34.7 Å². The van der Waals surface area contributed by atoms with Crippen molar-refractivity contribution in [3.05, 3.63) is 82.3 Å². The maximum Gasteiger partial charge on any atom is 0.254 e. The van der Waals surface area contributed by atoms with Crippen LogP contribution >= 0.6 is 23.1 Å². The van der Waals surface area contributed by atoms with Gasteiger partial charge in [0.2, 0.25) is 0 Å². The molecule has 4 nitrogen and oxygen atoms in total. The number of thiazole rings is 1. The van der Waals surface area contributed by atoms with E-state index in [2.05, 4.69) is 4.98 Å². The van der Waals surface area contributed by atoms with E-state index >= 15 is 0 Å². The normalized spacial score (nSPS) is 14.7. The van der Waals surface area contributed by atoms with Gasteiger partial charge in [-0.2, -0.15) is 0 Å². The van der Waals surface area contributed by atoms with E-state index in [1.165, 1.54) is 0 Å². The van der Waals surface area contributed by atoms with E-state index in [-0.39, 0.29) is 17.6 Å². The molecule has 1 aliphatic rings. The molecule has 1 saturated heterocycles. The predicted molar refractivity (Wildman–Crippen MR) is 118 cm³/mol. The van der Waals surface area contributed by atoms with E-state index in [1.807, 2.05) is 70.4 Å². The topological polar surface area (TPSA) is 50.3 Å². The summed E-state index contributed by atoms with van der Waals surface area (Å²) in [6.45, 7) is 1.24. The molecular weight excluding hydrogens is 400 g/mol. The van der Waals surface area contributed by atoms with Crippen molar-refractivity contribution in [2.75, 3.05) is 13.1 Å². The second kappa shape index (κ2) is 9.37. The summed E-state index contributed by atoms with van der Waals surface area (Å²) in [5.41, 5.74) is 4.36. The minimum Gasteiger partial charge on any atom is -0.339 e. The molecule has 0 aliphatic carbocycles. The van der Waals surface area contributed by atoms with Gasteiger partial charge >= 0.3 is 0 Å². The molecule has 1 amide bonds. The van der Waals surface area contributed by atoms with Crippen LogP contribution in [0.1, 0.15) is 39.3 Å². The van der Waals surface area contributed by atoms with Crippen molar-refractivity contribution >= 4 is 34.8 Å². The third kappa shape index (κ3) is 4.77. The van der Waals surface area contributed by atoms with E-state index in [9.17, 15) is 9.59 Å². The molecule has 0 radical (unpaired) electrons. The van der Waals surface area contributed by atoms with Crippen molar-refractivity contribution in [2.24, 2.45) is 5.92 Å². The molecule has 0 atom stereocenters. The quantitative estimate of drug-likeness (QED) is 0.406. The lowest BCUT2D eigenvalue weighted by atomic mass is 9.88. The van der Waals surface area contributed by atoms with Crippen LogP contribution < -0.4 is 0 Å². The number of likely N-dealkylation sites (tertiary alicyclic amines) is 1. The van der Waals surface area contributed by atoms with Crippen molar-refractivity contribution < 1.29 is 9.59 Å². The van der Waals surface area contributed by atoms with Gasteiger partial charge in [0.1, 0.15) is 0 Å². The van der Waals surface area contributed by atoms with Crippen LogP contribution in [-0.2, 0) is 5.75 Å². The van der Waals surface area contributed by atoms with Gasteiger partial charge < -0.3 is 4.90 Å². The number of hydrogen-bond donors (Lipinski definition) is 0. The molecule has 0 unspecified atom stereocenters. The van der Waals surface area contributed by atoms with Crippen molar-refractivity contribution in [3.8, 4) is 0 Å². The summed E-state index contributed by atoms with van der Waals surface area (Å²) in [7, 11) is 0. The van der Waals surface area contributed by atoms with E-state index in [1.54, 1.807) is 23.1 Å². The number of carbonyl (C=O) groups excluding carboxylic acids is 2. The largest absolute Gasteiger partial charge is 0.339 e. The molecule has 3 aromatic rings. The smallest absolute Gasteiger partial charge is 0.254 e. The highest BCUT2D eigenvalue weighted by molar-refractivity contribution is 7.98. The molecule has 4 rings (SSSR count). The zero-order valence-corrected chi connectivity index (χ0v) is 17.6. The maximum absolute atomic E-state index is 13.1. The number of nitrogens with zero attached hydrogens (tertiary/aromatic N) is 2. The maximum atomic E-state index is 13.1. The summed E-state index contributed by atoms with van der Waals surface area (Å²) >= 11 is 3.22. The first-order valence-corrected chi connectivity index (χ1v) is 11.6. The van der Waals surface area contributed by atoms with Crippen LogP contribution in [0.2, 0.25) is 0 Å². The van der Waals surface area contributed by atoms with Gasteiger partial charge in [0, 0.05) is 40.6 Å². The van der Waals surface area contributed by atoms with E-state index in [0.29, 0.717) is 25.9 Å². The Labute approximate surface area is 179 Å². The van der Waals surface area contributed by atoms with E-state index < -0.39 is 0 Å². The van der Waals surface area contributed by atoms with Crippen LogP contribution in [0.15, 0.2) is 70.4 Å². The Morgan fingerprint density at radius 1 is 1.03 bits per heavy atom. The molecule has 0 spiro atoms. The van der Waals surface area contributed by atoms with Crippen LogP contribution in [0.5, 0.6) is 0 Å². The Morgan fingerprint density at radius 3 is 2.48 bits per heavy atom. The summed E-state index contributed by atoms with van der Waals surface area (Å²) < 4.78 is 0. The number of amides is 1. The molecule has 2 heterocycles. The van der Waals surface area contributed by atoms with Crippen molar-refractivity contribution in [3.63, 3.8) is 0 Å². The molecule has 0 saturated carbocycles. The number of aromatic nitrogens is 1. The number of Topliss-reactive ketones (excluding diaryl/α,β-unsaturated/α-hetero) is 1. The van der Waals surface area contributed by atoms with Crippen LogP contribution in [0.4, 0.5) is 0 Å². The molecule has 6 heteroatoms. The Morgan fingerprint density at radius 2 is 1.76 bits per heavy atom. The van der Waals surface area contributed by atoms with Crippen LogP contribution in [0.3, 0.4) is 0 Å². The lowest BCUT2D eigenvalue weighted by molar-refractivity contribution is 0.0647. The van der Waals surface area contributed by atoms with Gasteiger partial charge in [-0.1, -0.05) is 42.5 Å². The highest BCUT2D eigenvalue weighted by atomic mass is 32.2. The third-order valence-corrected chi connectivity index (χ3v) is 6.93. The molecule has 148 valence electrons. The Bertz CT molecular complexity index is 966. The first kappa shape index (κ1) is 19.9. The fraction of sp³-hybridized carbons (Fsp3) is 0.261. The molecular formula is C23H22N2O2S2. The molecule has 1 aromatic heterocycles. The average molecular weight is 423 g/mol. The molecule has 1 fully saturated rings. The average Bonchev–Trinajstić information content (AvgIpc) is 3.31. The van der Waals surface area contributed by atoms with Crippen molar-refractivity contribution in [1.29, 1.82) is 0 Å². The second-order valence-corrected chi connectivity index (χ2v) is 8.80. The van der Waals surface area contributed by atoms with Gasteiger partial charge in [-0.3, -0.25) is 9.59 Å². The lowest BCUT2D eigenvalue weighted by Crippen LogP contribution is -2.40. The Balaban J connectivity index is 1.39. The van der Waals surface area contributed by atoms with Gasteiger partial charge in [0.25, 0.3) is 5.91 Å². The van der Waals surface area contributed by atoms with Gasteiger partial charge in [-0.05, 0) is 25.0 Å². The first-order chi connectivity index (χ1) is 14.2. The summed E-state index contributed by atoms with van der Waals surface area (Å²) in [6.07, 6.45) is 1.43. The first-order valence-electron chi connectivity index (χ1n) is 9.70. The highest BCUT2D eigenvalue weighted by Gasteiger charge is 2.29. The summed E-state index contributed by atoms with van der Waals surface area (Å²) in [5, 5.41) is 2.03. The van der Waals surface area contributed by atoms with Gasteiger partial charge in [0.15, 0.2) is 5.78 Å². The third-order valence-electron chi connectivity index (χ3n) is 5.19. The number of piperidine rings is 1. The monoisotopic (exact) mass is 422 g/mol. The molecule has 0 bridgehead atoms. The zero-order chi connectivity index (χ0) is 20.1. The van der Waals surface area contributed by atoms with Crippen LogP contribution in [0.25, 0.3) is 0 Å². The number of benzene rings is 2. The fourth-order valence-electron chi connectivity index (χ4n) is 3.58. The van der Waals surface area contributed by atoms with Crippen LogP contribution in [0, 0.1) is 5.92 Å². The number of hydrogen-bond acceptors (Lipinski definition) is 5. The minimum atomic E-state index is -0.00395. The zero-order valence-electron chi connectivity index (χ0n) is 16.0. The summed E-state index contributed by atoms with van der Waals surface area (Å²) in [5.74, 6) is 0.992. The van der Waals surface area contributed by atoms with Crippen molar-refractivity contribution in [1.82, 2.24) is 9.88 Å². The lowest BCUT2D eigenvalue weighted by Gasteiger charge is -2.31. The van der Waals surface area contributed by atoms with Gasteiger partial charge in [-0.15, -0.1) is 23.1 Å².